The Kier molecular flexibility index (Phi) is 4.86. The van der Waals surface area contributed by atoms with Gasteiger partial charge in [-0.2, -0.15) is 4.99 Å². The number of aliphatic imine (C=N–C) groups is 1. The number of hydrogen-bond donors (Lipinski definition) is 0. The largest absolute Gasteiger partial charge is 0.195 e. The highest BCUT2D eigenvalue weighted by Crippen LogP contribution is 2.37. The molecule has 0 spiro atoms. The van der Waals surface area contributed by atoms with Crippen molar-refractivity contribution >= 4 is 23.1 Å². The van der Waals surface area contributed by atoms with Crippen LogP contribution in [0.3, 0.4) is 0 Å². The van der Waals surface area contributed by atoms with E-state index in [4.69, 9.17) is 0 Å². The number of hydrogen-bond acceptors (Lipinski definition) is 2. The summed E-state index contributed by atoms with van der Waals surface area (Å²) in [6, 6.07) is 8.43. The zero-order chi connectivity index (χ0) is 12.8. The van der Waals surface area contributed by atoms with Crippen LogP contribution in [0.2, 0.25) is 0 Å². The molecule has 0 heterocycles. The predicted octanol–water partition coefficient (Wildman–Crippen LogP) is 5.27. The fourth-order valence-corrected chi connectivity index (χ4v) is 2.95. The zero-order valence-corrected chi connectivity index (χ0v) is 11.5. The third-order valence-corrected chi connectivity index (χ3v) is 3.98. The number of nitrogens with zero attached hydrogens (tertiary/aromatic N) is 1. The summed E-state index contributed by atoms with van der Waals surface area (Å²) in [4.78, 5) is 3.98. The Morgan fingerprint density at radius 2 is 1.89 bits per heavy atom. The van der Waals surface area contributed by atoms with Crippen LogP contribution < -0.4 is 0 Å². The molecule has 1 aromatic rings. The van der Waals surface area contributed by atoms with Gasteiger partial charge >= 0.3 is 0 Å². The van der Waals surface area contributed by atoms with Crippen molar-refractivity contribution in [2.45, 2.75) is 38.0 Å². The standard InChI is InChI=1S/C16H19NS/c1-2-3-13-4-6-14(7-5-13)15-8-10-16(11-9-15)17-12-18/h2,8-11,13-14H,1,3-7H2/t13-,14-. The molecule has 0 amide bonds. The molecular formula is C16H19NS. The van der Waals surface area contributed by atoms with Gasteiger partial charge in [0, 0.05) is 0 Å². The first-order valence-corrected chi connectivity index (χ1v) is 7.03. The van der Waals surface area contributed by atoms with Crippen molar-refractivity contribution in [1.29, 1.82) is 0 Å². The Hall–Kier alpha value is -1.24. The van der Waals surface area contributed by atoms with Crippen molar-refractivity contribution in [3.05, 3.63) is 42.5 Å². The lowest BCUT2D eigenvalue weighted by atomic mass is 9.77. The normalized spacial score (nSPS) is 23.1. The molecule has 0 aromatic heterocycles. The Morgan fingerprint density at radius 3 is 2.44 bits per heavy atom. The number of thiocarbonyl (C=S) groups is 1. The van der Waals surface area contributed by atoms with Gasteiger partial charge in [-0.1, -0.05) is 18.2 Å². The summed E-state index contributed by atoms with van der Waals surface area (Å²) in [5.41, 5.74) is 2.34. The monoisotopic (exact) mass is 257 g/mol. The quantitative estimate of drug-likeness (QED) is 0.406. The maximum Gasteiger partial charge on any atom is 0.0739 e. The van der Waals surface area contributed by atoms with E-state index in [1.807, 2.05) is 12.1 Å². The number of benzene rings is 1. The van der Waals surface area contributed by atoms with Crippen LogP contribution in [-0.2, 0) is 0 Å². The van der Waals surface area contributed by atoms with Gasteiger partial charge in [0.05, 0.1) is 10.8 Å². The Balaban J connectivity index is 1.96. The maximum absolute atomic E-state index is 4.61. The van der Waals surface area contributed by atoms with E-state index in [1.54, 1.807) is 0 Å². The number of isothiocyanates is 1. The maximum atomic E-state index is 4.61. The first-order valence-electron chi connectivity index (χ1n) is 6.62. The van der Waals surface area contributed by atoms with Crippen LogP contribution in [0, 0.1) is 5.92 Å². The smallest absolute Gasteiger partial charge is 0.0739 e. The van der Waals surface area contributed by atoms with Gasteiger partial charge in [0.25, 0.3) is 0 Å². The lowest BCUT2D eigenvalue weighted by Gasteiger charge is -2.28. The number of rotatable bonds is 4. The van der Waals surface area contributed by atoms with Crippen LogP contribution in [0.25, 0.3) is 0 Å². The fourth-order valence-electron chi connectivity index (χ4n) is 2.84. The topological polar surface area (TPSA) is 12.4 Å². The Bertz CT molecular complexity index is 435. The summed E-state index contributed by atoms with van der Waals surface area (Å²) >= 11 is 4.61. The predicted molar refractivity (Wildman–Crippen MR) is 80.6 cm³/mol. The third-order valence-electron chi connectivity index (χ3n) is 3.89. The highest BCUT2D eigenvalue weighted by atomic mass is 32.1. The van der Waals surface area contributed by atoms with Gasteiger partial charge in [-0.05, 0) is 73.9 Å². The third kappa shape index (κ3) is 3.38. The number of allylic oxidation sites excluding steroid dienone is 1. The van der Waals surface area contributed by atoms with Crippen molar-refractivity contribution in [1.82, 2.24) is 0 Å². The Labute approximate surface area is 115 Å². The van der Waals surface area contributed by atoms with E-state index >= 15 is 0 Å². The summed E-state index contributed by atoms with van der Waals surface area (Å²) in [5.74, 6) is 1.58. The zero-order valence-electron chi connectivity index (χ0n) is 10.6. The minimum atomic E-state index is 0.719. The van der Waals surface area contributed by atoms with Crippen molar-refractivity contribution in [2.75, 3.05) is 0 Å². The summed E-state index contributed by atoms with van der Waals surface area (Å²) in [7, 11) is 0. The van der Waals surface area contributed by atoms with Crippen molar-refractivity contribution in [2.24, 2.45) is 10.9 Å². The van der Waals surface area contributed by atoms with Gasteiger partial charge in [0.2, 0.25) is 0 Å². The first kappa shape index (κ1) is 13.2. The SMILES string of the molecule is C=CC[C@H]1CC[C@H](c2ccc(N=C=S)cc2)CC1. The summed E-state index contributed by atoms with van der Waals surface area (Å²) < 4.78 is 0. The molecule has 18 heavy (non-hydrogen) atoms. The molecule has 0 bridgehead atoms. The van der Waals surface area contributed by atoms with Crippen molar-refractivity contribution in [3.63, 3.8) is 0 Å². The van der Waals surface area contributed by atoms with Crippen molar-refractivity contribution < 1.29 is 0 Å². The van der Waals surface area contributed by atoms with Crippen LogP contribution in [0.4, 0.5) is 5.69 Å². The van der Waals surface area contributed by atoms with E-state index in [0.717, 1.165) is 17.5 Å². The van der Waals surface area contributed by atoms with Crippen LogP contribution in [0.1, 0.15) is 43.6 Å². The molecule has 1 nitrogen and oxygen atoms in total. The second-order valence-corrected chi connectivity index (χ2v) is 5.22. The molecule has 94 valence electrons. The molecular weight excluding hydrogens is 238 g/mol. The van der Waals surface area contributed by atoms with Crippen LogP contribution in [-0.4, -0.2) is 5.16 Å². The molecule has 1 fully saturated rings. The minimum Gasteiger partial charge on any atom is -0.195 e. The van der Waals surface area contributed by atoms with E-state index in [2.05, 4.69) is 47.2 Å². The van der Waals surface area contributed by atoms with Gasteiger partial charge in [0.15, 0.2) is 0 Å². The van der Waals surface area contributed by atoms with Gasteiger partial charge in [-0.15, -0.1) is 6.58 Å². The first-order chi connectivity index (χ1) is 8.83. The minimum absolute atomic E-state index is 0.719. The fraction of sp³-hybridized carbons (Fsp3) is 0.438. The van der Waals surface area contributed by atoms with Gasteiger partial charge in [-0.3, -0.25) is 0 Å². The lowest BCUT2D eigenvalue weighted by molar-refractivity contribution is 0.328. The summed E-state index contributed by atoms with van der Waals surface area (Å²) in [5, 5.41) is 2.40. The second kappa shape index (κ2) is 6.63. The highest BCUT2D eigenvalue weighted by molar-refractivity contribution is 7.78. The van der Waals surface area contributed by atoms with Gasteiger partial charge in [0.1, 0.15) is 0 Å². The molecule has 1 saturated carbocycles. The van der Waals surface area contributed by atoms with E-state index in [9.17, 15) is 0 Å². The van der Waals surface area contributed by atoms with E-state index in [1.165, 1.54) is 37.7 Å². The van der Waals surface area contributed by atoms with Crippen LogP contribution in [0.15, 0.2) is 41.9 Å². The molecule has 1 aliphatic carbocycles. The van der Waals surface area contributed by atoms with E-state index in [-0.39, 0.29) is 0 Å². The average Bonchev–Trinajstić information content (AvgIpc) is 2.41. The van der Waals surface area contributed by atoms with Gasteiger partial charge < -0.3 is 0 Å². The average molecular weight is 257 g/mol. The highest BCUT2D eigenvalue weighted by Gasteiger charge is 2.21. The molecule has 0 atom stereocenters. The molecule has 2 heteroatoms. The molecule has 1 aliphatic rings. The van der Waals surface area contributed by atoms with Crippen molar-refractivity contribution in [3.8, 4) is 0 Å². The molecule has 1 aromatic carbocycles. The second-order valence-electron chi connectivity index (χ2n) is 5.04. The molecule has 2 rings (SSSR count). The van der Waals surface area contributed by atoms with E-state index < -0.39 is 0 Å². The van der Waals surface area contributed by atoms with E-state index in [0.29, 0.717) is 0 Å². The molecule has 0 aliphatic heterocycles. The van der Waals surface area contributed by atoms with Crippen LogP contribution >= 0.6 is 12.2 Å². The summed E-state index contributed by atoms with van der Waals surface area (Å²) in [6.07, 6.45) is 8.49. The van der Waals surface area contributed by atoms with Crippen LogP contribution in [0.5, 0.6) is 0 Å². The van der Waals surface area contributed by atoms with Gasteiger partial charge in [-0.25, -0.2) is 0 Å². The molecule has 0 radical (unpaired) electrons. The molecule has 0 unspecified atom stereocenters. The Morgan fingerprint density at radius 1 is 1.22 bits per heavy atom. The lowest BCUT2D eigenvalue weighted by Crippen LogP contribution is -2.12. The molecule has 0 N–H and O–H groups in total. The molecule has 0 saturated heterocycles. The summed E-state index contributed by atoms with van der Waals surface area (Å²) in [6.45, 7) is 3.83.